The molecular weight excluding hydrogens is 376 g/mol. The Morgan fingerprint density at radius 2 is 1.19 bits per heavy atom. The second-order valence-corrected chi connectivity index (χ2v) is 8.45. The van der Waals surface area contributed by atoms with E-state index in [1.807, 2.05) is 0 Å². The Hall–Kier alpha value is -3.84. The molecule has 0 bridgehead atoms. The average molecular weight is 396 g/mol. The number of benzene rings is 5. The zero-order valence-electron chi connectivity index (χ0n) is 17.0. The zero-order valence-corrected chi connectivity index (χ0v) is 17.0. The van der Waals surface area contributed by atoms with Crippen molar-refractivity contribution in [2.75, 3.05) is 0 Å². The minimum Gasteiger partial charge on any atom is -0.484 e. The first-order valence-corrected chi connectivity index (χ1v) is 10.9. The van der Waals surface area contributed by atoms with Crippen LogP contribution in [0.1, 0.15) is 11.5 Å². The van der Waals surface area contributed by atoms with E-state index in [0.29, 0.717) is 5.92 Å². The molecule has 1 nitrogen and oxygen atoms in total. The summed E-state index contributed by atoms with van der Waals surface area (Å²) in [4.78, 5) is 0. The van der Waals surface area contributed by atoms with Crippen LogP contribution in [0.3, 0.4) is 0 Å². The lowest BCUT2D eigenvalue weighted by atomic mass is 9.89. The SMILES string of the molecule is C1=CC2Oc3c(-c4ccc5c6ccccc6c6ccccc6c5c4)cccc3C2C=C1. The number of hydrogen-bond acceptors (Lipinski definition) is 1. The van der Waals surface area contributed by atoms with Gasteiger partial charge in [0, 0.05) is 17.0 Å². The van der Waals surface area contributed by atoms with E-state index in [4.69, 9.17) is 4.74 Å². The lowest BCUT2D eigenvalue weighted by Gasteiger charge is -2.14. The summed E-state index contributed by atoms with van der Waals surface area (Å²) in [5, 5.41) is 7.80. The Morgan fingerprint density at radius 3 is 1.94 bits per heavy atom. The third-order valence-corrected chi connectivity index (χ3v) is 6.80. The second-order valence-electron chi connectivity index (χ2n) is 8.45. The molecule has 0 spiro atoms. The van der Waals surface area contributed by atoms with Crippen LogP contribution in [0.2, 0.25) is 0 Å². The molecule has 0 saturated carbocycles. The Morgan fingerprint density at radius 1 is 0.548 bits per heavy atom. The van der Waals surface area contributed by atoms with Crippen LogP contribution in [0, 0.1) is 0 Å². The van der Waals surface area contributed by atoms with Crippen molar-refractivity contribution in [1.29, 1.82) is 0 Å². The first-order chi connectivity index (χ1) is 15.4. The van der Waals surface area contributed by atoms with Crippen LogP contribution >= 0.6 is 0 Å². The highest BCUT2D eigenvalue weighted by atomic mass is 16.5. The summed E-state index contributed by atoms with van der Waals surface area (Å²) in [6.07, 6.45) is 8.72. The van der Waals surface area contributed by atoms with Gasteiger partial charge in [0.05, 0.1) is 0 Å². The molecule has 1 heterocycles. The normalized spacial score (nSPS) is 19.0. The number of fused-ring (bicyclic) bond motifs is 9. The monoisotopic (exact) mass is 396 g/mol. The summed E-state index contributed by atoms with van der Waals surface area (Å²) in [5.41, 5.74) is 3.66. The predicted octanol–water partition coefficient (Wildman–Crippen LogP) is 7.78. The van der Waals surface area contributed by atoms with Crippen LogP contribution in [0.5, 0.6) is 5.75 Å². The van der Waals surface area contributed by atoms with Gasteiger partial charge in [0.15, 0.2) is 0 Å². The van der Waals surface area contributed by atoms with Crippen molar-refractivity contribution in [3.8, 4) is 16.9 Å². The fraction of sp³-hybridized carbons (Fsp3) is 0.0667. The van der Waals surface area contributed by atoms with Crippen LogP contribution in [0.4, 0.5) is 0 Å². The molecule has 31 heavy (non-hydrogen) atoms. The molecule has 2 atom stereocenters. The first-order valence-electron chi connectivity index (χ1n) is 10.9. The molecule has 1 aliphatic heterocycles. The molecule has 7 rings (SSSR count). The topological polar surface area (TPSA) is 9.23 Å². The predicted molar refractivity (Wildman–Crippen MR) is 130 cm³/mol. The molecule has 0 fully saturated rings. The number of para-hydroxylation sites is 1. The summed E-state index contributed by atoms with van der Waals surface area (Å²) in [6.45, 7) is 0. The van der Waals surface area contributed by atoms with E-state index in [9.17, 15) is 0 Å². The van der Waals surface area contributed by atoms with E-state index in [-0.39, 0.29) is 6.10 Å². The number of hydrogen-bond donors (Lipinski definition) is 0. The second kappa shape index (κ2) is 6.33. The van der Waals surface area contributed by atoms with Gasteiger partial charge in [-0.1, -0.05) is 97.1 Å². The molecule has 0 radical (unpaired) electrons. The van der Waals surface area contributed by atoms with E-state index in [0.717, 1.165) is 5.75 Å². The van der Waals surface area contributed by atoms with Crippen molar-refractivity contribution in [3.05, 3.63) is 115 Å². The molecule has 2 aliphatic rings. The lowest BCUT2D eigenvalue weighted by molar-refractivity contribution is 0.270. The Balaban J connectivity index is 1.51. The summed E-state index contributed by atoms with van der Waals surface area (Å²) < 4.78 is 6.43. The lowest BCUT2D eigenvalue weighted by Crippen LogP contribution is -2.15. The minimum absolute atomic E-state index is 0.103. The van der Waals surface area contributed by atoms with E-state index in [1.54, 1.807) is 0 Å². The van der Waals surface area contributed by atoms with Gasteiger partial charge in [-0.3, -0.25) is 0 Å². The fourth-order valence-electron chi connectivity index (χ4n) is 5.37. The van der Waals surface area contributed by atoms with Crippen LogP contribution in [0.25, 0.3) is 43.4 Å². The molecule has 5 aromatic rings. The minimum atomic E-state index is 0.103. The van der Waals surface area contributed by atoms with Gasteiger partial charge in [-0.2, -0.15) is 0 Å². The first kappa shape index (κ1) is 16.9. The van der Waals surface area contributed by atoms with Crippen molar-refractivity contribution in [1.82, 2.24) is 0 Å². The van der Waals surface area contributed by atoms with Crippen molar-refractivity contribution in [2.24, 2.45) is 0 Å². The molecule has 2 unspecified atom stereocenters. The van der Waals surface area contributed by atoms with E-state index < -0.39 is 0 Å². The van der Waals surface area contributed by atoms with E-state index in [1.165, 1.54) is 49.0 Å². The summed E-state index contributed by atoms with van der Waals surface area (Å²) in [7, 11) is 0. The van der Waals surface area contributed by atoms with E-state index in [2.05, 4.69) is 109 Å². The van der Waals surface area contributed by atoms with Gasteiger partial charge < -0.3 is 4.74 Å². The van der Waals surface area contributed by atoms with Gasteiger partial charge in [-0.15, -0.1) is 0 Å². The van der Waals surface area contributed by atoms with Crippen LogP contribution < -0.4 is 4.74 Å². The summed E-state index contributed by atoms with van der Waals surface area (Å²) >= 11 is 0. The maximum atomic E-state index is 6.43. The Labute approximate surface area is 180 Å². The third-order valence-electron chi connectivity index (χ3n) is 6.80. The highest BCUT2D eigenvalue weighted by molar-refractivity contribution is 6.25. The number of allylic oxidation sites excluding steroid dienone is 2. The van der Waals surface area contributed by atoms with Gasteiger partial charge in [-0.25, -0.2) is 0 Å². The zero-order chi connectivity index (χ0) is 20.4. The molecular formula is C30H20O. The standard InChI is InChI=1S/C30H20O/c1-2-10-23-21(8-1)22-9-3-4-11-24(22)28-18-19(16-17-25(23)28)20-13-7-14-27-26-12-5-6-15-29(26)31-30(20)27/h1-18,26,29H. The highest BCUT2D eigenvalue weighted by Crippen LogP contribution is 2.47. The largest absolute Gasteiger partial charge is 0.484 e. The number of ether oxygens (including phenoxy) is 1. The molecule has 0 amide bonds. The quantitative estimate of drug-likeness (QED) is 0.263. The van der Waals surface area contributed by atoms with Gasteiger partial charge in [0.2, 0.25) is 0 Å². The van der Waals surface area contributed by atoms with Crippen molar-refractivity contribution in [2.45, 2.75) is 12.0 Å². The Kier molecular flexibility index (Phi) is 3.45. The molecule has 0 aromatic heterocycles. The molecule has 0 N–H and O–H groups in total. The number of rotatable bonds is 1. The average Bonchev–Trinajstić information content (AvgIpc) is 3.23. The van der Waals surface area contributed by atoms with Gasteiger partial charge >= 0.3 is 0 Å². The van der Waals surface area contributed by atoms with Crippen LogP contribution in [-0.4, -0.2) is 6.10 Å². The summed E-state index contributed by atoms with van der Waals surface area (Å²) in [6, 6.07) is 30.9. The summed E-state index contributed by atoms with van der Waals surface area (Å²) in [5.74, 6) is 1.34. The highest BCUT2D eigenvalue weighted by Gasteiger charge is 2.33. The van der Waals surface area contributed by atoms with Crippen molar-refractivity contribution in [3.63, 3.8) is 0 Å². The van der Waals surface area contributed by atoms with Crippen molar-refractivity contribution >= 4 is 32.3 Å². The molecule has 0 saturated heterocycles. The maximum Gasteiger partial charge on any atom is 0.132 e. The molecule has 1 heteroatoms. The molecule has 1 aliphatic carbocycles. The van der Waals surface area contributed by atoms with Crippen LogP contribution in [0.15, 0.2) is 109 Å². The maximum absolute atomic E-state index is 6.43. The fourth-order valence-corrected chi connectivity index (χ4v) is 5.37. The Bertz CT molecular complexity index is 1540. The van der Waals surface area contributed by atoms with E-state index >= 15 is 0 Å². The third kappa shape index (κ3) is 2.38. The molecule has 5 aromatic carbocycles. The van der Waals surface area contributed by atoms with Crippen LogP contribution in [-0.2, 0) is 0 Å². The van der Waals surface area contributed by atoms with Gasteiger partial charge in [-0.05, 0) is 50.0 Å². The van der Waals surface area contributed by atoms with Gasteiger partial charge in [0.1, 0.15) is 11.9 Å². The van der Waals surface area contributed by atoms with Gasteiger partial charge in [0.25, 0.3) is 0 Å². The smallest absolute Gasteiger partial charge is 0.132 e. The van der Waals surface area contributed by atoms with Crippen molar-refractivity contribution < 1.29 is 4.74 Å². The molecule has 146 valence electrons.